The van der Waals surface area contributed by atoms with E-state index in [1.165, 1.54) is 19.3 Å². The van der Waals surface area contributed by atoms with Crippen molar-refractivity contribution in [2.75, 3.05) is 45.9 Å². The highest BCUT2D eigenvalue weighted by Crippen LogP contribution is 2.24. The highest BCUT2D eigenvalue weighted by molar-refractivity contribution is 4.87. The van der Waals surface area contributed by atoms with Crippen LogP contribution in [0.3, 0.4) is 0 Å². The second kappa shape index (κ2) is 7.40. The van der Waals surface area contributed by atoms with Gasteiger partial charge in [0.2, 0.25) is 0 Å². The standard InChI is InChI=1S/C13H27N3O2/c17-9-4-12-3-1-2-6-16(12)13-11-14-5-7-15(13)8-10-18/h12-14,17-18H,1-11H2. The van der Waals surface area contributed by atoms with Crippen LogP contribution in [-0.4, -0.2) is 78.2 Å². The molecule has 2 heterocycles. The molecule has 2 unspecified atom stereocenters. The predicted molar refractivity (Wildman–Crippen MR) is 71.4 cm³/mol. The number of rotatable bonds is 5. The van der Waals surface area contributed by atoms with Crippen molar-refractivity contribution in [3.8, 4) is 0 Å². The molecule has 2 aliphatic rings. The van der Waals surface area contributed by atoms with Gasteiger partial charge in [0.25, 0.3) is 0 Å². The number of aliphatic hydroxyl groups is 2. The maximum absolute atomic E-state index is 9.21. The Bertz CT molecular complexity index is 212. The number of β-amino-alcohol motifs (C(OH)–C–C–N with tert-alkyl or cyclic N) is 1. The summed E-state index contributed by atoms with van der Waals surface area (Å²) in [4.78, 5) is 4.92. The highest BCUT2D eigenvalue weighted by atomic mass is 16.3. The van der Waals surface area contributed by atoms with Crippen molar-refractivity contribution in [2.45, 2.75) is 37.9 Å². The van der Waals surface area contributed by atoms with E-state index in [9.17, 15) is 10.2 Å². The summed E-state index contributed by atoms with van der Waals surface area (Å²) in [7, 11) is 0. The minimum Gasteiger partial charge on any atom is -0.396 e. The first-order valence-corrected chi connectivity index (χ1v) is 7.29. The van der Waals surface area contributed by atoms with Gasteiger partial charge in [0.05, 0.1) is 12.8 Å². The number of aliphatic hydroxyl groups excluding tert-OH is 2. The van der Waals surface area contributed by atoms with Gasteiger partial charge in [0, 0.05) is 38.8 Å². The zero-order valence-corrected chi connectivity index (χ0v) is 11.2. The normalized spacial score (nSPS) is 31.7. The molecule has 0 radical (unpaired) electrons. The molecule has 0 aromatic carbocycles. The van der Waals surface area contributed by atoms with Gasteiger partial charge < -0.3 is 15.5 Å². The van der Waals surface area contributed by atoms with Crippen molar-refractivity contribution in [3.63, 3.8) is 0 Å². The molecule has 5 heteroatoms. The van der Waals surface area contributed by atoms with E-state index < -0.39 is 0 Å². The smallest absolute Gasteiger partial charge is 0.0754 e. The van der Waals surface area contributed by atoms with Gasteiger partial charge in [-0.05, 0) is 25.8 Å². The number of hydrogen-bond acceptors (Lipinski definition) is 5. The Kier molecular flexibility index (Phi) is 5.85. The Morgan fingerprint density at radius 3 is 2.78 bits per heavy atom. The molecule has 0 spiro atoms. The predicted octanol–water partition coefficient (Wildman–Crippen LogP) is -0.553. The van der Waals surface area contributed by atoms with E-state index in [1.54, 1.807) is 0 Å². The molecule has 0 amide bonds. The zero-order chi connectivity index (χ0) is 12.8. The maximum Gasteiger partial charge on any atom is 0.0754 e. The van der Waals surface area contributed by atoms with E-state index in [-0.39, 0.29) is 13.2 Å². The van der Waals surface area contributed by atoms with Crippen LogP contribution in [0.5, 0.6) is 0 Å². The van der Waals surface area contributed by atoms with Crippen LogP contribution in [0.2, 0.25) is 0 Å². The number of nitrogens with zero attached hydrogens (tertiary/aromatic N) is 2. The van der Waals surface area contributed by atoms with Gasteiger partial charge in [-0.1, -0.05) is 6.42 Å². The first kappa shape index (κ1) is 14.2. The Morgan fingerprint density at radius 2 is 2.00 bits per heavy atom. The molecule has 0 bridgehead atoms. The summed E-state index contributed by atoms with van der Waals surface area (Å²) >= 11 is 0. The number of piperidine rings is 1. The minimum atomic E-state index is 0.231. The van der Waals surface area contributed by atoms with E-state index in [0.29, 0.717) is 12.2 Å². The first-order valence-electron chi connectivity index (χ1n) is 7.29. The molecule has 0 aromatic heterocycles. The number of nitrogens with one attached hydrogen (secondary N) is 1. The average Bonchev–Trinajstić information content (AvgIpc) is 2.41. The molecule has 106 valence electrons. The van der Waals surface area contributed by atoms with Crippen molar-refractivity contribution >= 4 is 0 Å². The lowest BCUT2D eigenvalue weighted by Gasteiger charge is -2.48. The molecule has 0 aliphatic carbocycles. The van der Waals surface area contributed by atoms with Crippen molar-refractivity contribution in [3.05, 3.63) is 0 Å². The summed E-state index contributed by atoms with van der Waals surface area (Å²) in [5.74, 6) is 0. The molecule has 2 saturated heterocycles. The van der Waals surface area contributed by atoms with E-state index in [2.05, 4.69) is 15.1 Å². The Labute approximate surface area is 110 Å². The van der Waals surface area contributed by atoms with Gasteiger partial charge >= 0.3 is 0 Å². The largest absolute Gasteiger partial charge is 0.396 e. The van der Waals surface area contributed by atoms with Gasteiger partial charge in [0.1, 0.15) is 0 Å². The molecular weight excluding hydrogens is 230 g/mol. The van der Waals surface area contributed by atoms with E-state index in [0.717, 1.165) is 39.1 Å². The highest BCUT2D eigenvalue weighted by Gasteiger charge is 2.33. The molecule has 2 rings (SSSR count). The molecule has 2 aliphatic heterocycles. The molecule has 3 N–H and O–H groups in total. The fraction of sp³-hybridized carbons (Fsp3) is 1.00. The van der Waals surface area contributed by atoms with Gasteiger partial charge in [-0.25, -0.2) is 0 Å². The quantitative estimate of drug-likeness (QED) is 0.617. The summed E-state index contributed by atoms with van der Waals surface area (Å²) in [5, 5.41) is 21.8. The topological polar surface area (TPSA) is 59.0 Å². The first-order chi connectivity index (χ1) is 8.86. The monoisotopic (exact) mass is 257 g/mol. The van der Waals surface area contributed by atoms with Crippen LogP contribution in [0, 0.1) is 0 Å². The van der Waals surface area contributed by atoms with Crippen LogP contribution < -0.4 is 5.32 Å². The zero-order valence-electron chi connectivity index (χ0n) is 11.2. The molecule has 0 saturated carbocycles. The summed E-state index contributed by atoms with van der Waals surface area (Å²) < 4.78 is 0. The third kappa shape index (κ3) is 3.42. The van der Waals surface area contributed by atoms with Crippen LogP contribution in [-0.2, 0) is 0 Å². The van der Waals surface area contributed by atoms with E-state index >= 15 is 0 Å². The maximum atomic E-state index is 9.21. The number of piperazine rings is 1. The lowest BCUT2D eigenvalue weighted by molar-refractivity contribution is -0.0305. The van der Waals surface area contributed by atoms with Crippen molar-refractivity contribution in [2.24, 2.45) is 0 Å². The average molecular weight is 257 g/mol. The summed E-state index contributed by atoms with van der Waals surface area (Å²) in [6.07, 6.45) is 5.00. The number of likely N-dealkylation sites (tertiary alicyclic amines) is 1. The van der Waals surface area contributed by atoms with Crippen molar-refractivity contribution in [1.29, 1.82) is 0 Å². The van der Waals surface area contributed by atoms with Gasteiger partial charge in [0.15, 0.2) is 0 Å². The van der Waals surface area contributed by atoms with Crippen LogP contribution in [0.15, 0.2) is 0 Å². The summed E-state index contributed by atoms with van der Waals surface area (Å²) in [6, 6.07) is 0.509. The molecule has 2 fully saturated rings. The third-order valence-corrected chi connectivity index (χ3v) is 4.23. The fourth-order valence-electron chi connectivity index (χ4n) is 3.32. The summed E-state index contributed by atoms with van der Waals surface area (Å²) in [6.45, 7) is 5.38. The van der Waals surface area contributed by atoms with Crippen LogP contribution in [0.25, 0.3) is 0 Å². The molecule has 18 heavy (non-hydrogen) atoms. The van der Waals surface area contributed by atoms with Crippen LogP contribution in [0.4, 0.5) is 0 Å². The van der Waals surface area contributed by atoms with Crippen molar-refractivity contribution < 1.29 is 10.2 Å². The molecule has 2 atom stereocenters. The van der Waals surface area contributed by atoms with Crippen LogP contribution >= 0.6 is 0 Å². The van der Waals surface area contributed by atoms with Gasteiger partial charge in [-0.3, -0.25) is 9.80 Å². The van der Waals surface area contributed by atoms with Crippen molar-refractivity contribution in [1.82, 2.24) is 15.1 Å². The molecule has 0 aromatic rings. The summed E-state index contributed by atoms with van der Waals surface area (Å²) in [5.41, 5.74) is 0. The van der Waals surface area contributed by atoms with E-state index in [4.69, 9.17) is 0 Å². The lowest BCUT2D eigenvalue weighted by Crippen LogP contribution is -2.62. The minimum absolute atomic E-state index is 0.231. The Hall–Kier alpha value is -0.200. The third-order valence-electron chi connectivity index (χ3n) is 4.23. The van der Waals surface area contributed by atoms with Gasteiger partial charge in [-0.15, -0.1) is 0 Å². The molecule has 5 nitrogen and oxygen atoms in total. The van der Waals surface area contributed by atoms with Crippen LogP contribution in [0.1, 0.15) is 25.7 Å². The second-order valence-electron chi connectivity index (χ2n) is 5.34. The Balaban J connectivity index is 2.00. The SMILES string of the molecule is OCCC1CCCCN1C1CNCCN1CCO. The van der Waals surface area contributed by atoms with Gasteiger partial charge in [-0.2, -0.15) is 0 Å². The lowest BCUT2D eigenvalue weighted by atomic mass is 9.98. The Morgan fingerprint density at radius 1 is 1.11 bits per heavy atom. The van der Waals surface area contributed by atoms with E-state index in [1.807, 2.05) is 0 Å². The second-order valence-corrected chi connectivity index (χ2v) is 5.34. The fourth-order valence-corrected chi connectivity index (χ4v) is 3.32. The molecular formula is C13H27N3O2. The number of hydrogen-bond donors (Lipinski definition) is 3.